The van der Waals surface area contributed by atoms with Gasteiger partial charge in [0.25, 0.3) is 0 Å². The van der Waals surface area contributed by atoms with E-state index in [1.165, 1.54) is 10.8 Å². The number of carbonyl (C=O) groups excluding carboxylic acids is 1. The van der Waals surface area contributed by atoms with Crippen LogP contribution in [0.4, 0.5) is 5.69 Å². The highest BCUT2D eigenvalue weighted by molar-refractivity contribution is 9.10. The minimum atomic E-state index is -0.00675. The fraction of sp³-hybridized carbons (Fsp3) is 0.105. The van der Waals surface area contributed by atoms with Gasteiger partial charge in [0.15, 0.2) is 0 Å². The molecule has 1 amide bonds. The van der Waals surface area contributed by atoms with E-state index in [-0.39, 0.29) is 5.91 Å². The van der Waals surface area contributed by atoms with E-state index in [1.807, 2.05) is 37.3 Å². The van der Waals surface area contributed by atoms with E-state index >= 15 is 0 Å². The molecule has 0 aromatic heterocycles. The molecule has 4 heteroatoms. The van der Waals surface area contributed by atoms with Crippen LogP contribution in [-0.2, 0) is 4.79 Å². The lowest BCUT2D eigenvalue weighted by Gasteiger charge is -2.08. The summed E-state index contributed by atoms with van der Waals surface area (Å²) in [6.45, 7) is 2.02. The number of nitrogens with one attached hydrogen (secondary N) is 1. The molecular formula is C19H16BrNOS. The Kier molecular flexibility index (Phi) is 5.03. The minimum absolute atomic E-state index is 0.00675. The Balaban J connectivity index is 1.63. The first-order valence-corrected chi connectivity index (χ1v) is 9.07. The molecule has 0 radical (unpaired) electrons. The molecule has 0 bridgehead atoms. The van der Waals surface area contributed by atoms with E-state index in [4.69, 9.17) is 0 Å². The molecule has 0 aliphatic carbocycles. The normalized spacial score (nSPS) is 10.7. The van der Waals surface area contributed by atoms with Gasteiger partial charge in [0.05, 0.1) is 11.4 Å². The number of thioether (sulfide) groups is 1. The first kappa shape index (κ1) is 16.1. The Morgan fingerprint density at radius 3 is 2.61 bits per heavy atom. The molecule has 0 aliphatic rings. The zero-order chi connectivity index (χ0) is 16.2. The molecule has 0 aliphatic heterocycles. The number of hydrogen-bond acceptors (Lipinski definition) is 2. The second-order valence-electron chi connectivity index (χ2n) is 5.33. The molecule has 3 aromatic carbocycles. The summed E-state index contributed by atoms with van der Waals surface area (Å²) in [4.78, 5) is 13.2. The zero-order valence-electron chi connectivity index (χ0n) is 12.7. The number of benzene rings is 3. The summed E-state index contributed by atoms with van der Waals surface area (Å²) in [5.41, 5.74) is 1.96. The number of amides is 1. The second kappa shape index (κ2) is 7.20. The summed E-state index contributed by atoms with van der Waals surface area (Å²) in [6, 6.07) is 20.4. The average Bonchev–Trinajstić information content (AvgIpc) is 2.55. The first-order chi connectivity index (χ1) is 11.1. The monoisotopic (exact) mass is 385 g/mol. The summed E-state index contributed by atoms with van der Waals surface area (Å²) in [7, 11) is 0. The van der Waals surface area contributed by atoms with Crippen molar-refractivity contribution in [3.05, 3.63) is 70.7 Å². The number of anilines is 1. The fourth-order valence-electron chi connectivity index (χ4n) is 2.31. The zero-order valence-corrected chi connectivity index (χ0v) is 15.1. The maximum Gasteiger partial charge on any atom is 0.234 e. The van der Waals surface area contributed by atoms with E-state index in [2.05, 4.69) is 51.6 Å². The lowest BCUT2D eigenvalue weighted by Crippen LogP contribution is -2.14. The van der Waals surface area contributed by atoms with Crippen molar-refractivity contribution in [3.63, 3.8) is 0 Å². The van der Waals surface area contributed by atoms with Crippen LogP contribution < -0.4 is 5.32 Å². The van der Waals surface area contributed by atoms with Crippen LogP contribution >= 0.6 is 27.7 Å². The van der Waals surface area contributed by atoms with Crippen molar-refractivity contribution in [3.8, 4) is 0 Å². The lowest BCUT2D eigenvalue weighted by atomic mass is 10.1. The lowest BCUT2D eigenvalue weighted by molar-refractivity contribution is -0.113. The smallest absolute Gasteiger partial charge is 0.234 e. The molecule has 3 rings (SSSR count). The van der Waals surface area contributed by atoms with Crippen LogP contribution in [-0.4, -0.2) is 11.7 Å². The van der Waals surface area contributed by atoms with Crippen LogP contribution in [0.2, 0.25) is 0 Å². The molecule has 3 aromatic rings. The standard InChI is InChI=1S/C19H16BrNOS/c1-13-6-9-18(17(20)10-13)21-19(22)12-23-16-8-7-14-4-2-3-5-15(14)11-16/h2-11H,12H2,1H3,(H,21,22). The molecular weight excluding hydrogens is 370 g/mol. The molecule has 0 saturated heterocycles. The second-order valence-corrected chi connectivity index (χ2v) is 7.23. The number of aryl methyl sites for hydroxylation is 1. The highest BCUT2D eigenvalue weighted by atomic mass is 79.9. The average molecular weight is 386 g/mol. The predicted molar refractivity (Wildman–Crippen MR) is 102 cm³/mol. The van der Waals surface area contributed by atoms with Gasteiger partial charge < -0.3 is 5.32 Å². The van der Waals surface area contributed by atoms with E-state index < -0.39 is 0 Å². The number of hydrogen-bond donors (Lipinski definition) is 1. The molecule has 0 spiro atoms. The highest BCUT2D eigenvalue weighted by Gasteiger charge is 2.07. The number of carbonyl (C=O) groups is 1. The summed E-state index contributed by atoms with van der Waals surface area (Å²) < 4.78 is 0.904. The fourth-order valence-corrected chi connectivity index (χ4v) is 3.65. The van der Waals surface area contributed by atoms with Gasteiger partial charge in [-0.25, -0.2) is 0 Å². The molecule has 0 atom stereocenters. The van der Waals surface area contributed by atoms with E-state index in [1.54, 1.807) is 11.8 Å². The summed E-state index contributed by atoms with van der Waals surface area (Å²) in [5, 5.41) is 5.34. The summed E-state index contributed by atoms with van der Waals surface area (Å²) in [6.07, 6.45) is 0. The molecule has 0 saturated carbocycles. The van der Waals surface area contributed by atoms with Gasteiger partial charge in [0, 0.05) is 9.37 Å². The van der Waals surface area contributed by atoms with Crippen molar-refractivity contribution in [2.75, 3.05) is 11.1 Å². The summed E-state index contributed by atoms with van der Waals surface area (Å²) >= 11 is 5.02. The minimum Gasteiger partial charge on any atom is -0.324 e. The summed E-state index contributed by atoms with van der Waals surface area (Å²) in [5.74, 6) is 0.381. The van der Waals surface area contributed by atoms with Crippen LogP contribution in [0, 0.1) is 6.92 Å². The maximum atomic E-state index is 12.1. The van der Waals surface area contributed by atoms with Crippen molar-refractivity contribution in [2.24, 2.45) is 0 Å². The van der Waals surface area contributed by atoms with Crippen LogP contribution in [0.15, 0.2) is 70.0 Å². The molecule has 0 fully saturated rings. The Hall–Kier alpha value is -1.78. The van der Waals surface area contributed by atoms with Gasteiger partial charge in [-0.2, -0.15) is 0 Å². The Morgan fingerprint density at radius 1 is 1.04 bits per heavy atom. The Morgan fingerprint density at radius 2 is 1.83 bits per heavy atom. The van der Waals surface area contributed by atoms with Crippen molar-refractivity contribution in [1.82, 2.24) is 0 Å². The molecule has 2 nitrogen and oxygen atoms in total. The SMILES string of the molecule is Cc1ccc(NC(=O)CSc2ccc3ccccc3c2)c(Br)c1. The number of rotatable bonds is 4. The van der Waals surface area contributed by atoms with Gasteiger partial charge in [-0.15, -0.1) is 11.8 Å². The number of fused-ring (bicyclic) bond motifs is 1. The van der Waals surface area contributed by atoms with Crippen molar-refractivity contribution in [1.29, 1.82) is 0 Å². The third kappa shape index (κ3) is 4.15. The quantitative estimate of drug-likeness (QED) is 0.588. The number of halogens is 1. The van der Waals surface area contributed by atoms with E-state index in [9.17, 15) is 4.79 Å². The largest absolute Gasteiger partial charge is 0.324 e. The predicted octanol–water partition coefficient (Wildman–Crippen LogP) is 5.64. The van der Waals surface area contributed by atoms with E-state index in [0.717, 1.165) is 20.6 Å². The molecule has 1 N–H and O–H groups in total. The maximum absolute atomic E-state index is 12.1. The Labute approximate surface area is 148 Å². The molecule has 116 valence electrons. The van der Waals surface area contributed by atoms with Gasteiger partial charge >= 0.3 is 0 Å². The van der Waals surface area contributed by atoms with Gasteiger partial charge in [-0.05, 0) is 63.5 Å². The van der Waals surface area contributed by atoms with Crippen molar-refractivity contribution >= 4 is 50.1 Å². The molecule has 0 unspecified atom stereocenters. The van der Waals surface area contributed by atoms with Crippen LogP contribution in [0.25, 0.3) is 10.8 Å². The topological polar surface area (TPSA) is 29.1 Å². The van der Waals surface area contributed by atoms with Gasteiger partial charge in [0.1, 0.15) is 0 Å². The van der Waals surface area contributed by atoms with E-state index in [0.29, 0.717) is 5.75 Å². The first-order valence-electron chi connectivity index (χ1n) is 7.29. The van der Waals surface area contributed by atoms with Gasteiger partial charge in [-0.3, -0.25) is 4.79 Å². The van der Waals surface area contributed by atoms with Crippen LogP contribution in [0.3, 0.4) is 0 Å². The van der Waals surface area contributed by atoms with Crippen molar-refractivity contribution < 1.29 is 4.79 Å². The van der Waals surface area contributed by atoms with Crippen LogP contribution in [0.1, 0.15) is 5.56 Å². The third-order valence-corrected chi connectivity index (χ3v) is 5.14. The Bertz CT molecular complexity index is 863. The van der Waals surface area contributed by atoms with Crippen molar-refractivity contribution in [2.45, 2.75) is 11.8 Å². The molecule has 0 heterocycles. The van der Waals surface area contributed by atoms with Crippen LogP contribution in [0.5, 0.6) is 0 Å². The third-order valence-electron chi connectivity index (χ3n) is 3.49. The van der Waals surface area contributed by atoms with Gasteiger partial charge in [-0.1, -0.05) is 36.4 Å². The molecule has 23 heavy (non-hydrogen) atoms. The highest BCUT2D eigenvalue weighted by Crippen LogP contribution is 2.26. The van der Waals surface area contributed by atoms with Gasteiger partial charge in [0.2, 0.25) is 5.91 Å².